The maximum atomic E-state index is 2.65. The van der Waals surface area contributed by atoms with Crippen molar-refractivity contribution in [3.05, 3.63) is 35.5 Å². The average molecular weight is 282 g/mol. The Hall–Kier alpha value is -1.28. The first-order chi connectivity index (χ1) is 10.2. The highest BCUT2D eigenvalue weighted by atomic mass is 15.1. The smallest absolute Gasteiger partial charge is 0.0485 e. The van der Waals surface area contributed by atoms with E-state index in [0.717, 1.165) is 17.9 Å². The number of nitrogens with zero attached hydrogens (tertiary/aromatic N) is 2. The predicted molar refractivity (Wildman–Crippen MR) is 89.0 cm³/mol. The van der Waals surface area contributed by atoms with Crippen molar-refractivity contribution in [3.63, 3.8) is 0 Å². The quantitative estimate of drug-likeness (QED) is 0.812. The molecule has 0 aliphatic heterocycles. The van der Waals surface area contributed by atoms with Gasteiger partial charge in [0.1, 0.15) is 0 Å². The van der Waals surface area contributed by atoms with Gasteiger partial charge in [-0.1, -0.05) is 25.1 Å². The van der Waals surface area contributed by atoms with Crippen LogP contribution in [0.15, 0.2) is 24.3 Å². The maximum Gasteiger partial charge on any atom is 0.0485 e. The van der Waals surface area contributed by atoms with E-state index < -0.39 is 0 Å². The molecule has 1 aromatic heterocycles. The van der Waals surface area contributed by atoms with E-state index in [0.29, 0.717) is 0 Å². The Morgan fingerprint density at radius 1 is 1.19 bits per heavy atom. The number of hydrogen-bond donors (Lipinski definition) is 0. The summed E-state index contributed by atoms with van der Waals surface area (Å²) >= 11 is 0. The second-order valence-corrected chi connectivity index (χ2v) is 7.12. The predicted octanol–water partition coefficient (Wildman–Crippen LogP) is 4.35. The molecular formula is C19H26N2. The lowest BCUT2D eigenvalue weighted by atomic mass is 9.66. The summed E-state index contributed by atoms with van der Waals surface area (Å²) in [5, 5.41) is 1.54. The van der Waals surface area contributed by atoms with Crippen molar-refractivity contribution in [1.82, 2.24) is 9.47 Å². The Balaban J connectivity index is 1.97. The van der Waals surface area contributed by atoms with Crippen LogP contribution in [0.5, 0.6) is 0 Å². The van der Waals surface area contributed by atoms with Crippen LogP contribution in [0.1, 0.15) is 55.7 Å². The number of fused-ring (bicyclic) bond motifs is 3. The van der Waals surface area contributed by atoms with Crippen molar-refractivity contribution < 1.29 is 0 Å². The van der Waals surface area contributed by atoms with Crippen LogP contribution in [0, 0.1) is 0 Å². The van der Waals surface area contributed by atoms with Crippen molar-refractivity contribution in [2.24, 2.45) is 0 Å². The summed E-state index contributed by atoms with van der Waals surface area (Å²) in [6, 6.07) is 9.82. The molecule has 21 heavy (non-hydrogen) atoms. The van der Waals surface area contributed by atoms with Gasteiger partial charge < -0.3 is 9.47 Å². The summed E-state index contributed by atoms with van der Waals surface area (Å²) in [5.41, 5.74) is 4.85. The number of aromatic nitrogens is 1. The highest BCUT2D eigenvalue weighted by Crippen LogP contribution is 2.53. The molecule has 0 saturated heterocycles. The number of hydrogen-bond acceptors (Lipinski definition) is 1. The number of aryl methyl sites for hydroxylation is 1. The zero-order valence-electron chi connectivity index (χ0n) is 13.5. The van der Waals surface area contributed by atoms with Gasteiger partial charge in [-0.15, -0.1) is 0 Å². The third-order valence-corrected chi connectivity index (χ3v) is 5.74. The molecule has 1 saturated carbocycles. The summed E-state index contributed by atoms with van der Waals surface area (Å²) in [6.45, 7) is 3.46. The van der Waals surface area contributed by atoms with Gasteiger partial charge in [0.05, 0.1) is 0 Å². The van der Waals surface area contributed by atoms with Gasteiger partial charge >= 0.3 is 0 Å². The van der Waals surface area contributed by atoms with Gasteiger partial charge in [0, 0.05) is 35.1 Å². The highest BCUT2D eigenvalue weighted by Gasteiger charge is 2.43. The van der Waals surface area contributed by atoms with Gasteiger partial charge in [-0.2, -0.15) is 0 Å². The fourth-order valence-corrected chi connectivity index (χ4v) is 4.94. The largest absolute Gasteiger partial charge is 0.344 e. The van der Waals surface area contributed by atoms with Crippen molar-refractivity contribution in [1.29, 1.82) is 0 Å². The first-order valence-electron chi connectivity index (χ1n) is 8.49. The van der Waals surface area contributed by atoms with Crippen LogP contribution in [-0.4, -0.2) is 29.6 Å². The Bertz CT molecular complexity index is 668. The van der Waals surface area contributed by atoms with Gasteiger partial charge in [0.15, 0.2) is 0 Å². The molecule has 112 valence electrons. The molecular weight excluding hydrogens is 256 g/mol. The van der Waals surface area contributed by atoms with Crippen molar-refractivity contribution in [2.45, 2.75) is 57.0 Å². The lowest BCUT2D eigenvalue weighted by molar-refractivity contribution is 0.163. The molecule has 0 spiro atoms. The first kappa shape index (κ1) is 13.4. The molecule has 1 fully saturated rings. The summed E-state index contributed by atoms with van der Waals surface area (Å²) in [4.78, 5) is 2.47. The van der Waals surface area contributed by atoms with Crippen LogP contribution in [0.2, 0.25) is 0 Å². The Kier molecular flexibility index (Phi) is 3.11. The number of rotatable bonds is 3. The van der Waals surface area contributed by atoms with Gasteiger partial charge in [0.2, 0.25) is 0 Å². The lowest BCUT2D eigenvalue weighted by Gasteiger charge is -2.46. The number of likely N-dealkylation sites (N-methyl/N-ethyl adjacent to an activating group) is 1. The van der Waals surface area contributed by atoms with Crippen LogP contribution in [0.25, 0.3) is 10.9 Å². The highest BCUT2D eigenvalue weighted by molar-refractivity contribution is 5.87. The molecule has 2 bridgehead atoms. The van der Waals surface area contributed by atoms with Crippen LogP contribution in [0.3, 0.4) is 0 Å². The molecule has 0 amide bonds. The second-order valence-electron chi connectivity index (χ2n) is 7.12. The zero-order chi connectivity index (χ0) is 14.6. The molecule has 3 aliphatic rings. The molecule has 3 unspecified atom stereocenters. The molecule has 2 nitrogen and oxygen atoms in total. The minimum Gasteiger partial charge on any atom is -0.344 e. The van der Waals surface area contributed by atoms with Crippen LogP contribution >= 0.6 is 0 Å². The van der Waals surface area contributed by atoms with E-state index in [1.54, 1.807) is 11.3 Å². The summed E-state index contributed by atoms with van der Waals surface area (Å²) in [5.74, 6) is 1.51. The van der Waals surface area contributed by atoms with E-state index in [-0.39, 0.29) is 0 Å². The lowest BCUT2D eigenvalue weighted by Crippen LogP contribution is -2.43. The molecule has 3 atom stereocenters. The monoisotopic (exact) mass is 282 g/mol. The van der Waals surface area contributed by atoms with Crippen molar-refractivity contribution >= 4 is 10.9 Å². The van der Waals surface area contributed by atoms with Crippen molar-refractivity contribution in [2.75, 3.05) is 14.1 Å². The van der Waals surface area contributed by atoms with E-state index in [2.05, 4.69) is 54.8 Å². The molecule has 2 heteroatoms. The topological polar surface area (TPSA) is 8.17 Å². The minimum absolute atomic E-state index is 0.733. The van der Waals surface area contributed by atoms with Gasteiger partial charge in [-0.25, -0.2) is 0 Å². The summed E-state index contributed by atoms with van der Waals surface area (Å²) in [6.07, 6.45) is 5.34. The Morgan fingerprint density at radius 2 is 2.00 bits per heavy atom. The fourth-order valence-electron chi connectivity index (χ4n) is 4.94. The third-order valence-electron chi connectivity index (χ3n) is 5.74. The Morgan fingerprint density at radius 3 is 2.76 bits per heavy atom. The average Bonchev–Trinajstić information content (AvgIpc) is 2.85. The zero-order valence-corrected chi connectivity index (χ0v) is 13.5. The van der Waals surface area contributed by atoms with Gasteiger partial charge in [0.25, 0.3) is 0 Å². The van der Waals surface area contributed by atoms with E-state index in [4.69, 9.17) is 0 Å². The number of benzene rings is 1. The molecule has 5 rings (SSSR count). The molecule has 2 aromatic rings. The second kappa shape index (κ2) is 4.88. The SMILES string of the molecule is CCCn1c2c(c3ccccc31)C1CCC2C(N(C)C)C1. The minimum atomic E-state index is 0.733. The van der Waals surface area contributed by atoms with Gasteiger partial charge in [-0.05, 0) is 57.3 Å². The van der Waals surface area contributed by atoms with E-state index in [1.165, 1.54) is 43.1 Å². The first-order valence-corrected chi connectivity index (χ1v) is 8.49. The number of para-hydroxylation sites is 1. The molecule has 0 radical (unpaired) electrons. The fraction of sp³-hybridized carbons (Fsp3) is 0.579. The summed E-state index contributed by atoms with van der Waals surface area (Å²) in [7, 11) is 4.52. The van der Waals surface area contributed by atoms with Crippen LogP contribution < -0.4 is 0 Å². The van der Waals surface area contributed by atoms with E-state index >= 15 is 0 Å². The summed E-state index contributed by atoms with van der Waals surface area (Å²) < 4.78 is 2.65. The maximum absolute atomic E-state index is 2.65. The Labute approximate surface area is 127 Å². The van der Waals surface area contributed by atoms with E-state index in [9.17, 15) is 0 Å². The van der Waals surface area contributed by atoms with E-state index in [1.807, 2.05) is 0 Å². The third kappa shape index (κ3) is 1.81. The molecule has 0 N–H and O–H groups in total. The van der Waals surface area contributed by atoms with Crippen LogP contribution in [-0.2, 0) is 6.54 Å². The standard InChI is InChI=1S/C19H26N2/c1-4-11-21-16-8-6-5-7-14(16)18-13-9-10-15(19(18)21)17(12-13)20(2)3/h5-8,13,15,17H,4,9-12H2,1-3H3. The van der Waals surface area contributed by atoms with Gasteiger partial charge in [-0.3, -0.25) is 0 Å². The molecule has 3 aliphatic carbocycles. The van der Waals surface area contributed by atoms with Crippen molar-refractivity contribution in [3.8, 4) is 0 Å². The molecule has 1 heterocycles. The normalized spacial score (nSPS) is 27.5. The molecule has 1 aromatic carbocycles. The van der Waals surface area contributed by atoms with Crippen LogP contribution in [0.4, 0.5) is 0 Å².